The third-order valence-electron chi connectivity index (χ3n) is 3.55. The van der Waals surface area contributed by atoms with Gasteiger partial charge in [-0.2, -0.15) is 5.10 Å². The van der Waals surface area contributed by atoms with Gasteiger partial charge in [0.2, 0.25) is 0 Å². The third-order valence-corrected chi connectivity index (χ3v) is 3.55. The van der Waals surface area contributed by atoms with Crippen molar-refractivity contribution in [1.82, 2.24) is 14.8 Å². The summed E-state index contributed by atoms with van der Waals surface area (Å²) in [6, 6.07) is 13.7. The number of rotatable bonds is 4. The summed E-state index contributed by atoms with van der Waals surface area (Å²) in [5.41, 5.74) is 2.83. The van der Waals surface area contributed by atoms with E-state index in [0.29, 0.717) is 6.42 Å². The van der Waals surface area contributed by atoms with Crippen LogP contribution in [0.25, 0.3) is 11.0 Å². The Labute approximate surface area is 117 Å². The van der Waals surface area contributed by atoms with Crippen LogP contribution in [0.15, 0.2) is 54.9 Å². The SMILES string of the molecule is CCC(O)C(c1ccccc1)n1ncc2ncccc21. The predicted octanol–water partition coefficient (Wildman–Crippen LogP) is 2.79. The highest BCUT2D eigenvalue weighted by molar-refractivity contribution is 5.73. The van der Waals surface area contributed by atoms with Gasteiger partial charge in [0.25, 0.3) is 0 Å². The fourth-order valence-electron chi connectivity index (χ4n) is 2.50. The van der Waals surface area contributed by atoms with Crippen LogP contribution < -0.4 is 0 Å². The van der Waals surface area contributed by atoms with E-state index < -0.39 is 6.10 Å². The molecule has 4 heteroatoms. The molecule has 0 aliphatic rings. The largest absolute Gasteiger partial charge is 0.391 e. The molecule has 0 fully saturated rings. The first-order chi connectivity index (χ1) is 9.81. The lowest BCUT2D eigenvalue weighted by atomic mass is 10.00. The van der Waals surface area contributed by atoms with Crippen LogP contribution in [0.1, 0.15) is 24.9 Å². The van der Waals surface area contributed by atoms with E-state index >= 15 is 0 Å². The molecule has 20 heavy (non-hydrogen) atoms. The molecule has 0 aliphatic carbocycles. The van der Waals surface area contributed by atoms with Gasteiger partial charge in [0, 0.05) is 6.20 Å². The molecule has 102 valence electrons. The fourth-order valence-corrected chi connectivity index (χ4v) is 2.50. The van der Waals surface area contributed by atoms with E-state index in [1.54, 1.807) is 12.4 Å². The van der Waals surface area contributed by atoms with Crippen LogP contribution in [0.2, 0.25) is 0 Å². The number of hydrogen-bond acceptors (Lipinski definition) is 3. The highest BCUT2D eigenvalue weighted by atomic mass is 16.3. The fraction of sp³-hybridized carbons (Fsp3) is 0.250. The quantitative estimate of drug-likeness (QED) is 0.790. The van der Waals surface area contributed by atoms with Crippen molar-refractivity contribution < 1.29 is 5.11 Å². The second kappa shape index (κ2) is 5.43. The number of pyridine rings is 1. The average Bonchev–Trinajstić information content (AvgIpc) is 2.92. The Morgan fingerprint density at radius 1 is 1.15 bits per heavy atom. The van der Waals surface area contributed by atoms with Crippen LogP contribution in [0.3, 0.4) is 0 Å². The smallest absolute Gasteiger partial charge is 0.108 e. The Balaban J connectivity index is 2.15. The van der Waals surface area contributed by atoms with Crippen molar-refractivity contribution in [1.29, 1.82) is 0 Å². The third kappa shape index (κ3) is 2.18. The normalized spacial score (nSPS) is 14.3. The van der Waals surface area contributed by atoms with Gasteiger partial charge in [0.1, 0.15) is 11.6 Å². The van der Waals surface area contributed by atoms with Crippen molar-refractivity contribution in [3.63, 3.8) is 0 Å². The number of aliphatic hydroxyl groups is 1. The van der Waals surface area contributed by atoms with Crippen LogP contribution in [0, 0.1) is 0 Å². The number of aliphatic hydroxyl groups excluding tert-OH is 1. The molecule has 0 aliphatic heterocycles. The predicted molar refractivity (Wildman–Crippen MR) is 78.4 cm³/mol. The number of nitrogens with zero attached hydrogens (tertiary/aromatic N) is 3. The Bertz CT molecular complexity index is 693. The minimum atomic E-state index is -0.485. The van der Waals surface area contributed by atoms with Gasteiger partial charge in [-0.25, -0.2) is 0 Å². The molecule has 1 N–H and O–H groups in total. The van der Waals surface area contributed by atoms with Gasteiger partial charge in [-0.3, -0.25) is 9.67 Å². The maximum atomic E-state index is 10.4. The standard InChI is InChI=1S/C16H17N3O/c1-2-15(20)16(12-7-4-3-5-8-12)19-14-9-6-10-17-13(14)11-18-19/h3-11,15-16,20H,2H2,1H3. The zero-order valence-electron chi connectivity index (χ0n) is 11.3. The van der Waals surface area contributed by atoms with Crippen molar-refractivity contribution >= 4 is 11.0 Å². The molecule has 2 heterocycles. The van der Waals surface area contributed by atoms with Crippen LogP contribution in [0.4, 0.5) is 0 Å². The Morgan fingerprint density at radius 2 is 1.95 bits per heavy atom. The minimum Gasteiger partial charge on any atom is -0.391 e. The summed E-state index contributed by atoms with van der Waals surface area (Å²) in [5, 5.41) is 14.9. The maximum absolute atomic E-state index is 10.4. The topological polar surface area (TPSA) is 50.9 Å². The van der Waals surface area contributed by atoms with E-state index in [1.807, 2.05) is 54.1 Å². The van der Waals surface area contributed by atoms with Crippen LogP contribution in [-0.2, 0) is 0 Å². The Morgan fingerprint density at radius 3 is 2.70 bits per heavy atom. The second-order valence-electron chi connectivity index (χ2n) is 4.83. The van der Waals surface area contributed by atoms with Gasteiger partial charge in [-0.15, -0.1) is 0 Å². The molecule has 0 amide bonds. The molecular formula is C16H17N3O. The number of hydrogen-bond donors (Lipinski definition) is 1. The summed E-state index contributed by atoms with van der Waals surface area (Å²) < 4.78 is 1.87. The molecule has 0 saturated carbocycles. The van der Waals surface area contributed by atoms with Crippen molar-refractivity contribution in [2.45, 2.75) is 25.5 Å². The van der Waals surface area contributed by atoms with E-state index in [-0.39, 0.29) is 6.04 Å². The summed E-state index contributed by atoms with van der Waals surface area (Å²) in [6.07, 6.45) is 3.68. The first-order valence-corrected chi connectivity index (χ1v) is 6.82. The number of fused-ring (bicyclic) bond motifs is 1. The summed E-state index contributed by atoms with van der Waals surface area (Å²) in [7, 11) is 0. The van der Waals surface area contributed by atoms with E-state index in [9.17, 15) is 5.11 Å². The Hall–Kier alpha value is -2.20. The Kier molecular flexibility index (Phi) is 3.48. The van der Waals surface area contributed by atoms with Crippen molar-refractivity contribution in [2.24, 2.45) is 0 Å². The monoisotopic (exact) mass is 267 g/mol. The lowest BCUT2D eigenvalue weighted by molar-refractivity contribution is 0.122. The van der Waals surface area contributed by atoms with Crippen LogP contribution in [0.5, 0.6) is 0 Å². The minimum absolute atomic E-state index is 0.192. The van der Waals surface area contributed by atoms with Gasteiger partial charge in [-0.1, -0.05) is 37.3 Å². The molecule has 3 aromatic rings. The van der Waals surface area contributed by atoms with Gasteiger partial charge in [0.05, 0.1) is 17.8 Å². The molecule has 4 nitrogen and oxygen atoms in total. The number of aromatic nitrogens is 3. The average molecular weight is 267 g/mol. The van der Waals surface area contributed by atoms with Gasteiger partial charge >= 0.3 is 0 Å². The summed E-state index contributed by atoms with van der Waals surface area (Å²) in [6.45, 7) is 1.98. The molecule has 0 spiro atoms. The molecule has 3 rings (SSSR count). The van der Waals surface area contributed by atoms with E-state index in [0.717, 1.165) is 16.6 Å². The first kappa shape index (κ1) is 12.8. The number of benzene rings is 1. The highest BCUT2D eigenvalue weighted by Gasteiger charge is 2.23. The van der Waals surface area contributed by atoms with E-state index in [2.05, 4.69) is 10.1 Å². The second-order valence-corrected chi connectivity index (χ2v) is 4.83. The molecular weight excluding hydrogens is 250 g/mol. The van der Waals surface area contributed by atoms with Crippen LogP contribution >= 0.6 is 0 Å². The van der Waals surface area contributed by atoms with Gasteiger partial charge in [0.15, 0.2) is 0 Å². The molecule has 2 unspecified atom stereocenters. The molecule has 0 saturated heterocycles. The lowest BCUT2D eigenvalue weighted by Crippen LogP contribution is -2.25. The molecule has 2 aromatic heterocycles. The molecule has 2 atom stereocenters. The first-order valence-electron chi connectivity index (χ1n) is 6.82. The zero-order valence-corrected chi connectivity index (χ0v) is 11.3. The molecule has 0 radical (unpaired) electrons. The van der Waals surface area contributed by atoms with Crippen LogP contribution in [-0.4, -0.2) is 26.0 Å². The molecule has 0 bridgehead atoms. The van der Waals surface area contributed by atoms with Crippen molar-refractivity contribution in [3.8, 4) is 0 Å². The summed E-state index contributed by atoms with van der Waals surface area (Å²) in [5.74, 6) is 0. The lowest BCUT2D eigenvalue weighted by Gasteiger charge is -2.23. The maximum Gasteiger partial charge on any atom is 0.108 e. The zero-order chi connectivity index (χ0) is 13.9. The highest BCUT2D eigenvalue weighted by Crippen LogP contribution is 2.26. The summed E-state index contributed by atoms with van der Waals surface area (Å²) >= 11 is 0. The molecule has 1 aromatic carbocycles. The van der Waals surface area contributed by atoms with Gasteiger partial charge in [-0.05, 0) is 24.1 Å². The summed E-state index contributed by atoms with van der Waals surface area (Å²) in [4.78, 5) is 4.30. The van der Waals surface area contributed by atoms with Crippen molar-refractivity contribution in [3.05, 3.63) is 60.4 Å². The van der Waals surface area contributed by atoms with Gasteiger partial charge < -0.3 is 5.11 Å². The van der Waals surface area contributed by atoms with E-state index in [4.69, 9.17) is 0 Å². The van der Waals surface area contributed by atoms with E-state index in [1.165, 1.54) is 0 Å². The van der Waals surface area contributed by atoms with Crippen molar-refractivity contribution in [2.75, 3.05) is 0 Å².